The first-order valence-electron chi connectivity index (χ1n) is 15.4. The van der Waals surface area contributed by atoms with Crippen molar-refractivity contribution in [2.45, 2.75) is 113 Å². The molecule has 1 aromatic rings. The van der Waals surface area contributed by atoms with Crippen LogP contribution in [0.4, 0.5) is 0 Å². The van der Waals surface area contributed by atoms with Crippen LogP contribution < -0.4 is 0 Å². The number of carbonyl (C=O) groups is 2. The van der Waals surface area contributed by atoms with Crippen LogP contribution in [0.15, 0.2) is 30.9 Å². The van der Waals surface area contributed by atoms with Crippen molar-refractivity contribution < 1.29 is 9.59 Å². The molecule has 38 heavy (non-hydrogen) atoms. The van der Waals surface area contributed by atoms with Gasteiger partial charge in [0.1, 0.15) is 12.1 Å². The van der Waals surface area contributed by atoms with Gasteiger partial charge in [-0.1, -0.05) is 53.7 Å². The zero-order valence-corrected chi connectivity index (χ0v) is 25.0. The molecule has 0 bridgehead atoms. The largest absolute Gasteiger partial charge is 0.299 e. The molecule has 5 aliphatic carbocycles. The first-order chi connectivity index (χ1) is 17.7. The van der Waals surface area contributed by atoms with Gasteiger partial charge in [0.05, 0.1) is 5.41 Å². The van der Waals surface area contributed by atoms with Crippen LogP contribution in [0.25, 0.3) is 0 Å². The summed E-state index contributed by atoms with van der Waals surface area (Å²) in [6, 6.07) is 0. The summed E-state index contributed by atoms with van der Waals surface area (Å²) in [6.45, 7) is 21.6. The van der Waals surface area contributed by atoms with E-state index in [1.54, 1.807) is 17.1 Å². The molecule has 5 aliphatic rings. The van der Waals surface area contributed by atoms with Gasteiger partial charge in [0.15, 0.2) is 0 Å². The quantitative estimate of drug-likeness (QED) is 0.371. The number of rotatable bonds is 2. The molecule has 0 spiro atoms. The van der Waals surface area contributed by atoms with Crippen LogP contribution in [0.5, 0.6) is 0 Å². The van der Waals surface area contributed by atoms with E-state index in [1.807, 2.05) is 6.20 Å². The molecular formula is C34H50N2O2. The number of Topliss-reactive ketones (excluding diaryl/α,β-unsaturated/α-hetero) is 1. The first kappa shape index (κ1) is 26.5. The molecule has 5 fully saturated rings. The van der Waals surface area contributed by atoms with Gasteiger partial charge in [0.25, 0.3) is 0 Å². The molecule has 0 N–H and O–H groups in total. The predicted molar refractivity (Wildman–Crippen MR) is 151 cm³/mol. The van der Waals surface area contributed by atoms with Crippen LogP contribution in [-0.4, -0.2) is 21.2 Å². The molecule has 0 aliphatic heterocycles. The molecule has 5 saturated carbocycles. The van der Waals surface area contributed by atoms with Gasteiger partial charge in [-0.05, 0) is 110 Å². The fraction of sp³-hybridized carbons (Fsp3) is 0.794. The molecule has 0 saturated heterocycles. The Kier molecular flexibility index (Phi) is 5.54. The molecule has 0 unspecified atom stereocenters. The topological polar surface area (TPSA) is 52.0 Å². The van der Waals surface area contributed by atoms with Crippen molar-refractivity contribution in [1.29, 1.82) is 0 Å². The molecule has 0 radical (unpaired) electrons. The van der Waals surface area contributed by atoms with Crippen LogP contribution in [0.3, 0.4) is 0 Å². The summed E-state index contributed by atoms with van der Waals surface area (Å²) in [4.78, 5) is 31.6. The lowest BCUT2D eigenvalue weighted by atomic mass is 9.29. The Morgan fingerprint density at radius 1 is 0.921 bits per heavy atom. The molecule has 4 nitrogen and oxygen atoms in total. The highest BCUT2D eigenvalue weighted by atomic mass is 16.2. The number of ketones is 1. The Morgan fingerprint density at radius 3 is 2.26 bits per heavy atom. The maximum Gasteiger partial charge on any atom is 0.238 e. The summed E-state index contributed by atoms with van der Waals surface area (Å²) in [6.07, 6.45) is 16.0. The summed E-state index contributed by atoms with van der Waals surface area (Å²) in [5.74, 6) is 2.55. The number of allylic oxidation sites excluding steroid dienone is 1. The van der Waals surface area contributed by atoms with Gasteiger partial charge in [0, 0.05) is 24.2 Å². The Morgan fingerprint density at radius 2 is 1.61 bits per heavy atom. The number of nitrogens with zero attached hydrogens (tertiary/aromatic N) is 2. The van der Waals surface area contributed by atoms with Gasteiger partial charge in [-0.25, -0.2) is 4.98 Å². The van der Waals surface area contributed by atoms with Crippen molar-refractivity contribution in [2.75, 3.05) is 0 Å². The van der Waals surface area contributed by atoms with Crippen LogP contribution in [0.2, 0.25) is 0 Å². The van der Waals surface area contributed by atoms with E-state index in [-0.39, 0.29) is 38.4 Å². The summed E-state index contributed by atoms with van der Waals surface area (Å²) in [7, 11) is 0. The highest BCUT2D eigenvalue weighted by molar-refractivity contribution is 5.86. The fourth-order valence-corrected chi connectivity index (χ4v) is 12.5. The number of hydrogen-bond donors (Lipinski definition) is 0. The third-order valence-corrected chi connectivity index (χ3v) is 14.7. The summed E-state index contributed by atoms with van der Waals surface area (Å²) < 4.78 is 1.78. The van der Waals surface area contributed by atoms with Gasteiger partial charge >= 0.3 is 0 Å². The molecule has 0 aromatic carbocycles. The fourth-order valence-electron chi connectivity index (χ4n) is 12.5. The number of aromatic nitrogens is 2. The lowest BCUT2D eigenvalue weighted by Gasteiger charge is -2.75. The minimum absolute atomic E-state index is 0.0655. The first-order valence-corrected chi connectivity index (χ1v) is 15.4. The van der Waals surface area contributed by atoms with E-state index >= 15 is 0 Å². The third kappa shape index (κ3) is 2.91. The maximum atomic E-state index is 14.3. The third-order valence-electron chi connectivity index (χ3n) is 14.7. The average molecular weight is 519 g/mol. The van der Waals surface area contributed by atoms with E-state index in [0.717, 1.165) is 44.9 Å². The van der Waals surface area contributed by atoms with Crippen LogP contribution in [0, 0.1) is 56.2 Å². The monoisotopic (exact) mass is 518 g/mol. The molecular weight excluding hydrogens is 468 g/mol. The SMILES string of the molecule is C=C(C)[C@@H]1CC[C@]2(C(=O)n3ccnc3)CC[C@@]3(C)[C@]4(C)CC[C@H]5C(C)(C)C(=O)CC[C@]5(C)[C@H]4CC[C@]3(C)[C@@H]12. The summed E-state index contributed by atoms with van der Waals surface area (Å²) in [5.41, 5.74) is 1.33. The van der Waals surface area contributed by atoms with E-state index in [4.69, 9.17) is 0 Å². The van der Waals surface area contributed by atoms with Gasteiger partial charge in [0.2, 0.25) is 5.91 Å². The number of fused-ring (bicyclic) bond motifs is 7. The standard InChI is InChI=1S/C34H50N2O2/c1-22(2)23-9-16-34(28(38)36-20-19-35-21-36)18-17-33(8)31(6)14-10-24-29(3,4)26(37)12-13-30(24,5)25(31)11-15-32(33,7)27(23)34/h19-21,23-25,27H,1,9-18H2,2-8H3/t23-,24-,25+,27+,30-,31+,32+,33-,34-/m0/s1. The van der Waals surface area contributed by atoms with Crippen molar-refractivity contribution in [3.05, 3.63) is 30.9 Å². The molecule has 4 heteroatoms. The number of carbonyl (C=O) groups excluding carboxylic acids is 2. The van der Waals surface area contributed by atoms with E-state index in [2.05, 4.69) is 60.0 Å². The predicted octanol–water partition coefficient (Wildman–Crippen LogP) is 8.14. The lowest BCUT2D eigenvalue weighted by molar-refractivity contribution is -0.263. The average Bonchev–Trinajstić information content (AvgIpc) is 3.52. The molecule has 6 rings (SSSR count). The van der Waals surface area contributed by atoms with Crippen LogP contribution >= 0.6 is 0 Å². The number of hydrogen-bond acceptors (Lipinski definition) is 3. The minimum atomic E-state index is -0.331. The highest BCUT2D eigenvalue weighted by Gasteiger charge is 2.75. The zero-order valence-electron chi connectivity index (χ0n) is 25.0. The van der Waals surface area contributed by atoms with Crippen LogP contribution in [-0.2, 0) is 4.79 Å². The van der Waals surface area contributed by atoms with Crippen molar-refractivity contribution in [3.63, 3.8) is 0 Å². The second-order valence-electron chi connectivity index (χ2n) is 15.9. The lowest BCUT2D eigenvalue weighted by Crippen LogP contribution is -2.70. The van der Waals surface area contributed by atoms with E-state index in [0.29, 0.717) is 29.5 Å². The maximum absolute atomic E-state index is 14.3. The molecule has 9 atom stereocenters. The van der Waals surface area contributed by atoms with Gasteiger partial charge in [-0.3, -0.25) is 14.2 Å². The van der Waals surface area contributed by atoms with E-state index in [1.165, 1.54) is 24.8 Å². The number of imidazole rings is 1. The van der Waals surface area contributed by atoms with Crippen molar-refractivity contribution in [3.8, 4) is 0 Å². The molecule has 1 aromatic heterocycles. The van der Waals surface area contributed by atoms with Gasteiger partial charge in [-0.15, -0.1) is 0 Å². The molecule has 0 amide bonds. The van der Waals surface area contributed by atoms with Gasteiger partial charge < -0.3 is 0 Å². The normalized spacial score (nSPS) is 49.4. The van der Waals surface area contributed by atoms with E-state index in [9.17, 15) is 9.59 Å². The van der Waals surface area contributed by atoms with Crippen LogP contribution in [0.1, 0.15) is 117 Å². The molecule has 208 valence electrons. The zero-order chi connectivity index (χ0) is 27.5. The summed E-state index contributed by atoms with van der Waals surface area (Å²) >= 11 is 0. The molecule has 1 heterocycles. The Bertz CT molecular complexity index is 1180. The second kappa shape index (κ2) is 7.94. The van der Waals surface area contributed by atoms with Gasteiger partial charge in [-0.2, -0.15) is 0 Å². The summed E-state index contributed by atoms with van der Waals surface area (Å²) in [5, 5.41) is 0. The van der Waals surface area contributed by atoms with Crippen molar-refractivity contribution in [1.82, 2.24) is 9.55 Å². The van der Waals surface area contributed by atoms with E-state index < -0.39 is 0 Å². The highest BCUT2D eigenvalue weighted by Crippen LogP contribution is 2.81. The Balaban J connectivity index is 1.46. The minimum Gasteiger partial charge on any atom is -0.299 e. The second-order valence-corrected chi connectivity index (χ2v) is 15.9. The smallest absolute Gasteiger partial charge is 0.238 e. The van der Waals surface area contributed by atoms with Crippen molar-refractivity contribution >= 4 is 11.7 Å². The Labute approximate surface area is 230 Å². The Hall–Kier alpha value is -1.71. The van der Waals surface area contributed by atoms with Crippen molar-refractivity contribution in [2.24, 2.45) is 56.2 Å².